The molecule has 3 fully saturated rings. The van der Waals surface area contributed by atoms with Crippen molar-refractivity contribution in [3.05, 3.63) is 40.7 Å². The summed E-state index contributed by atoms with van der Waals surface area (Å²) in [5.74, 6) is 4.40. The van der Waals surface area contributed by atoms with Gasteiger partial charge in [-0.3, -0.25) is 0 Å². The van der Waals surface area contributed by atoms with E-state index in [4.69, 9.17) is 14.8 Å². The molecule has 5 heteroatoms. The van der Waals surface area contributed by atoms with E-state index in [-0.39, 0.29) is 0 Å². The van der Waals surface area contributed by atoms with Gasteiger partial charge in [0.1, 0.15) is 11.6 Å². The van der Waals surface area contributed by atoms with Crippen LogP contribution in [0.1, 0.15) is 62.5 Å². The summed E-state index contributed by atoms with van der Waals surface area (Å²) >= 11 is 0. The maximum absolute atomic E-state index is 5.44. The Morgan fingerprint density at radius 2 is 1.97 bits per heavy atom. The first-order chi connectivity index (χ1) is 15.8. The molecular weight excluding hydrogens is 408 g/mol. The number of rotatable bonds is 4. The van der Waals surface area contributed by atoms with Crippen molar-refractivity contribution in [1.82, 2.24) is 14.6 Å². The molecule has 3 saturated carbocycles. The lowest BCUT2D eigenvalue weighted by Gasteiger charge is -2.62. The van der Waals surface area contributed by atoms with Crippen LogP contribution in [0.5, 0.6) is 5.75 Å². The van der Waals surface area contributed by atoms with Gasteiger partial charge < -0.3 is 10.1 Å². The van der Waals surface area contributed by atoms with Crippen molar-refractivity contribution in [2.45, 2.75) is 72.8 Å². The number of hydrogen-bond acceptors (Lipinski definition) is 4. The summed E-state index contributed by atoms with van der Waals surface area (Å²) in [7, 11) is 1.72. The molecule has 5 nitrogen and oxygen atoms in total. The average Bonchev–Trinajstić information content (AvgIpc) is 3.38. The van der Waals surface area contributed by atoms with Crippen molar-refractivity contribution in [2.75, 3.05) is 12.4 Å². The van der Waals surface area contributed by atoms with E-state index in [0.717, 1.165) is 47.3 Å². The first-order valence-corrected chi connectivity index (χ1v) is 12.6. The Kier molecular flexibility index (Phi) is 4.59. The second-order valence-corrected chi connectivity index (χ2v) is 11.3. The van der Waals surface area contributed by atoms with Crippen LogP contribution in [0.25, 0.3) is 16.8 Å². The second-order valence-electron chi connectivity index (χ2n) is 11.3. The lowest BCUT2D eigenvalue weighted by atomic mass is 9.45. The van der Waals surface area contributed by atoms with Crippen molar-refractivity contribution in [3.63, 3.8) is 0 Å². The Morgan fingerprint density at radius 1 is 1.15 bits per heavy atom. The number of nitrogens with one attached hydrogen (secondary N) is 1. The molecule has 2 heterocycles. The molecule has 7 rings (SSSR count). The molecule has 4 aliphatic rings. The summed E-state index contributed by atoms with van der Waals surface area (Å²) in [5, 5.41) is 9.10. The highest BCUT2D eigenvalue weighted by Crippen LogP contribution is 2.61. The maximum Gasteiger partial charge on any atom is 0.165 e. The van der Waals surface area contributed by atoms with Crippen molar-refractivity contribution >= 4 is 11.5 Å². The molecule has 0 amide bonds. The Labute approximate surface area is 196 Å². The van der Waals surface area contributed by atoms with Crippen LogP contribution < -0.4 is 10.1 Å². The number of nitrogens with zero attached hydrogens (tertiary/aromatic N) is 3. The number of anilines is 1. The summed E-state index contributed by atoms with van der Waals surface area (Å²) in [6.07, 6.45) is 5.99. The number of fused-ring (bicyclic) bond motifs is 4. The van der Waals surface area contributed by atoms with Crippen molar-refractivity contribution in [1.29, 1.82) is 0 Å². The Morgan fingerprint density at radius 3 is 2.67 bits per heavy atom. The molecule has 1 aromatic carbocycles. The zero-order valence-electron chi connectivity index (χ0n) is 20.8. The van der Waals surface area contributed by atoms with Gasteiger partial charge in [-0.15, -0.1) is 0 Å². The van der Waals surface area contributed by atoms with Crippen LogP contribution in [-0.2, 0) is 12.8 Å². The zero-order chi connectivity index (χ0) is 23.1. The first-order valence-electron chi connectivity index (χ1n) is 12.6. The molecule has 174 valence electrons. The lowest BCUT2D eigenvalue weighted by molar-refractivity contribution is -0.105. The van der Waals surface area contributed by atoms with Gasteiger partial charge in [0, 0.05) is 22.9 Å². The van der Waals surface area contributed by atoms with E-state index in [9.17, 15) is 0 Å². The van der Waals surface area contributed by atoms with Crippen LogP contribution in [0.2, 0.25) is 0 Å². The minimum absolute atomic E-state index is 0.495. The fraction of sp³-hybridized carbons (Fsp3) is 0.571. The van der Waals surface area contributed by atoms with Gasteiger partial charge in [0.2, 0.25) is 0 Å². The van der Waals surface area contributed by atoms with Crippen LogP contribution in [0.15, 0.2) is 18.2 Å². The first kappa shape index (κ1) is 21.0. The maximum atomic E-state index is 5.44. The number of aromatic nitrogens is 3. The van der Waals surface area contributed by atoms with Crippen LogP contribution in [0, 0.1) is 37.0 Å². The minimum atomic E-state index is 0.495. The molecule has 0 radical (unpaired) electrons. The Hall–Kier alpha value is -2.56. The van der Waals surface area contributed by atoms with Gasteiger partial charge >= 0.3 is 0 Å². The summed E-state index contributed by atoms with van der Waals surface area (Å²) in [6, 6.07) is 6.80. The van der Waals surface area contributed by atoms with E-state index < -0.39 is 0 Å². The molecule has 4 aliphatic carbocycles. The van der Waals surface area contributed by atoms with Gasteiger partial charge in [0.15, 0.2) is 5.65 Å². The lowest BCUT2D eigenvalue weighted by Crippen LogP contribution is -2.58. The third-order valence-corrected chi connectivity index (χ3v) is 9.34. The monoisotopic (exact) mass is 444 g/mol. The number of methoxy groups -OCH3 is 1. The quantitative estimate of drug-likeness (QED) is 0.537. The largest absolute Gasteiger partial charge is 0.497 e. The van der Waals surface area contributed by atoms with E-state index in [1.807, 2.05) is 6.07 Å². The molecule has 33 heavy (non-hydrogen) atoms. The number of benzene rings is 1. The van der Waals surface area contributed by atoms with E-state index in [2.05, 4.69) is 56.6 Å². The highest BCUT2D eigenvalue weighted by Gasteiger charge is 2.56. The predicted octanol–water partition coefficient (Wildman–Crippen LogP) is 5.99. The summed E-state index contributed by atoms with van der Waals surface area (Å²) < 4.78 is 7.56. The number of aryl methyl sites for hydroxylation is 3. The fourth-order valence-corrected chi connectivity index (χ4v) is 7.16. The Bertz CT molecular complexity index is 1260. The Balaban J connectivity index is 1.46. The van der Waals surface area contributed by atoms with Crippen LogP contribution in [-0.4, -0.2) is 27.7 Å². The fourth-order valence-electron chi connectivity index (χ4n) is 7.16. The van der Waals surface area contributed by atoms with Gasteiger partial charge in [0.05, 0.1) is 12.8 Å². The predicted molar refractivity (Wildman–Crippen MR) is 133 cm³/mol. The zero-order valence-corrected chi connectivity index (χ0v) is 20.8. The van der Waals surface area contributed by atoms with Crippen molar-refractivity contribution < 1.29 is 4.74 Å². The van der Waals surface area contributed by atoms with Crippen LogP contribution in [0.3, 0.4) is 0 Å². The van der Waals surface area contributed by atoms with Crippen molar-refractivity contribution in [2.24, 2.45) is 23.2 Å². The molecular formula is C28H36N4O. The van der Waals surface area contributed by atoms with Crippen molar-refractivity contribution in [3.8, 4) is 16.9 Å². The molecule has 4 atom stereocenters. The molecule has 0 saturated heterocycles. The third-order valence-electron chi connectivity index (χ3n) is 9.34. The second kappa shape index (κ2) is 7.22. The van der Waals surface area contributed by atoms with E-state index >= 15 is 0 Å². The van der Waals surface area contributed by atoms with E-state index in [1.54, 1.807) is 7.11 Å². The molecule has 1 unspecified atom stereocenters. The number of hydrogen-bond donors (Lipinski definition) is 1. The SMILES string of the molecule is COc1ccc(-c2c(C)nn3c(N[C@H]4CC5C[C@H]([C@@H]4C)C5(C)C)c4c(nc23)CCC4)c(C)c1. The molecule has 2 aromatic heterocycles. The normalized spacial score (nSPS) is 27.3. The standard InChI is InChI=1S/C28H36N4O/c1-15-12-19(33-6)10-11-20(15)25-17(3)31-32-26(21-8-7-9-23(21)29-27(25)32)30-24-14-18-13-22(16(24)2)28(18,4)5/h10-12,16,18,22,24,30H,7-9,13-14H2,1-6H3/t16-,18?,22+,24-/m0/s1. The van der Waals surface area contributed by atoms with Gasteiger partial charge in [-0.2, -0.15) is 9.61 Å². The third kappa shape index (κ3) is 2.97. The highest BCUT2D eigenvalue weighted by molar-refractivity contribution is 5.83. The molecule has 3 aromatic rings. The van der Waals surface area contributed by atoms with E-state index in [0.29, 0.717) is 17.4 Å². The topological polar surface area (TPSA) is 51.5 Å². The van der Waals surface area contributed by atoms with Gasteiger partial charge in [-0.1, -0.05) is 26.8 Å². The highest BCUT2D eigenvalue weighted by atomic mass is 16.5. The molecule has 2 bridgehead atoms. The summed E-state index contributed by atoms with van der Waals surface area (Å²) in [4.78, 5) is 5.19. The minimum Gasteiger partial charge on any atom is -0.497 e. The molecule has 0 aliphatic heterocycles. The van der Waals surface area contributed by atoms with Gasteiger partial charge in [0.25, 0.3) is 0 Å². The summed E-state index contributed by atoms with van der Waals surface area (Å²) in [6.45, 7) is 11.7. The van der Waals surface area contributed by atoms with Crippen LogP contribution >= 0.6 is 0 Å². The number of ether oxygens (including phenoxy) is 1. The van der Waals surface area contributed by atoms with Gasteiger partial charge in [-0.05, 0) is 92.4 Å². The summed E-state index contributed by atoms with van der Waals surface area (Å²) in [5.41, 5.74) is 8.67. The average molecular weight is 445 g/mol. The smallest absolute Gasteiger partial charge is 0.165 e. The molecule has 0 spiro atoms. The van der Waals surface area contributed by atoms with Gasteiger partial charge in [-0.25, -0.2) is 4.98 Å². The molecule has 1 N–H and O–H groups in total. The van der Waals surface area contributed by atoms with Crippen LogP contribution in [0.4, 0.5) is 5.82 Å². The van der Waals surface area contributed by atoms with E-state index in [1.165, 1.54) is 47.5 Å².